The van der Waals surface area contributed by atoms with E-state index < -0.39 is 0 Å². The Hall–Kier alpha value is -1.36. The number of aromatic nitrogens is 2. The lowest BCUT2D eigenvalue weighted by atomic mass is 10.2. The summed E-state index contributed by atoms with van der Waals surface area (Å²) in [4.78, 5) is 4.87. The summed E-state index contributed by atoms with van der Waals surface area (Å²) in [6, 6.07) is 1.62. The number of nitrogens with zero attached hydrogens (tertiary/aromatic N) is 2. The summed E-state index contributed by atoms with van der Waals surface area (Å²) in [5, 5.41) is 15.1. The molecule has 2 aromatic rings. The second-order valence-corrected chi connectivity index (χ2v) is 4.17. The fourth-order valence-electron chi connectivity index (χ4n) is 1.25. The maximum Gasteiger partial charge on any atom is 0.271 e. The van der Waals surface area contributed by atoms with Crippen molar-refractivity contribution in [3.63, 3.8) is 0 Å². The van der Waals surface area contributed by atoms with Gasteiger partial charge in [-0.3, -0.25) is 0 Å². The minimum Gasteiger partial charge on any atom is -0.506 e. The van der Waals surface area contributed by atoms with Gasteiger partial charge in [-0.2, -0.15) is 4.98 Å². The van der Waals surface area contributed by atoms with E-state index in [1.807, 2.05) is 0 Å². The lowest BCUT2D eigenvalue weighted by Crippen LogP contribution is -1.86. The van der Waals surface area contributed by atoms with Crippen molar-refractivity contribution in [2.24, 2.45) is 0 Å². The molecule has 0 bridgehead atoms. The van der Waals surface area contributed by atoms with E-state index in [0.717, 1.165) is 19.3 Å². The second kappa shape index (κ2) is 4.44. The van der Waals surface area contributed by atoms with E-state index in [0.29, 0.717) is 16.6 Å². The molecule has 0 aliphatic rings. The smallest absolute Gasteiger partial charge is 0.271 e. The normalized spacial score (nSPS) is 10.7. The van der Waals surface area contributed by atoms with E-state index in [4.69, 9.17) is 4.52 Å². The zero-order chi connectivity index (χ0) is 10.7. The molecule has 0 atom stereocenters. The molecule has 0 spiro atoms. The fraction of sp³-hybridized carbons (Fsp3) is 0.400. The number of aromatic hydroxyl groups is 1. The average Bonchev–Trinajstić information content (AvgIpc) is 2.83. The zero-order valence-electron chi connectivity index (χ0n) is 8.43. The lowest BCUT2D eigenvalue weighted by molar-refractivity contribution is 0.418. The molecule has 2 heterocycles. The van der Waals surface area contributed by atoms with Gasteiger partial charge in [-0.05, 0) is 17.9 Å². The molecule has 0 unspecified atom stereocenters. The fourth-order valence-corrected chi connectivity index (χ4v) is 1.95. The Morgan fingerprint density at radius 3 is 3.07 bits per heavy atom. The van der Waals surface area contributed by atoms with Crippen LogP contribution in [0.4, 0.5) is 0 Å². The molecule has 0 aromatic carbocycles. The predicted octanol–water partition coefficient (Wildman–Crippen LogP) is 2.85. The number of rotatable bonds is 4. The van der Waals surface area contributed by atoms with Crippen LogP contribution >= 0.6 is 11.3 Å². The van der Waals surface area contributed by atoms with E-state index in [1.54, 1.807) is 11.4 Å². The SMILES string of the molecule is CCCCc1noc(-c2sccc2O)n1. The molecule has 80 valence electrons. The third kappa shape index (κ3) is 2.18. The van der Waals surface area contributed by atoms with Crippen LogP contribution in [0.5, 0.6) is 5.75 Å². The summed E-state index contributed by atoms with van der Waals surface area (Å²) in [5.74, 6) is 1.32. The van der Waals surface area contributed by atoms with Crippen LogP contribution in [0.3, 0.4) is 0 Å². The van der Waals surface area contributed by atoms with Crippen molar-refractivity contribution in [2.45, 2.75) is 26.2 Å². The predicted molar refractivity (Wildman–Crippen MR) is 57.9 cm³/mol. The maximum absolute atomic E-state index is 9.47. The van der Waals surface area contributed by atoms with Gasteiger partial charge in [0.15, 0.2) is 5.82 Å². The highest BCUT2D eigenvalue weighted by atomic mass is 32.1. The summed E-state index contributed by atoms with van der Waals surface area (Å²) in [7, 11) is 0. The first-order valence-electron chi connectivity index (χ1n) is 4.90. The van der Waals surface area contributed by atoms with Crippen LogP contribution in [-0.4, -0.2) is 15.2 Å². The Morgan fingerprint density at radius 2 is 2.40 bits per heavy atom. The Labute approximate surface area is 91.6 Å². The van der Waals surface area contributed by atoms with Crippen molar-refractivity contribution < 1.29 is 9.63 Å². The number of aryl methyl sites for hydroxylation is 1. The molecule has 4 nitrogen and oxygen atoms in total. The van der Waals surface area contributed by atoms with Crippen molar-refractivity contribution >= 4 is 11.3 Å². The average molecular weight is 224 g/mol. The van der Waals surface area contributed by atoms with Gasteiger partial charge in [-0.25, -0.2) is 0 Å². The molecule has 0 saturated heterocycles. The van der Waals surface area contributed by atoms with Crippen molar-refractivity contribution in [3.05, 3.63) is 17.3 Å². The Bertz CT molecular complexity index is 436. The lowest BCUT2D eigenvalue weighted by Gasteiger charge is -1.89. The number of unbranched alkanes of at least 4 members (excludes halogenated alkanes) is 1. The molecule has 0 saturated carbocycles. The van der Waals surface area contributed by atoms with Gasteiger partial charge in [0.2, 0.25) is 0 Å². The van der Waals surface area contributed by atoms with Crippen molar-refractivity contribution in [2.75, 3.05) is 0 Å². The molecule has 15 heavy (non-hydrogen) atoms. The molecule has 2 rings (SSSR count). The molecule has 0 amide bonds. The van der Waals surface area contributed by atoms with Gasteiger partial charge in [-0.1, -0.05) is 18.5 Å². The van der Waals surface area contributed by atoms with Crippen LogP contribution in [0.15, 0.2) is 16.0 Å². The highest BCUT2D eigenvalue weighted by Gasteiger charge is 2.13. The van der Waals surface area contributed by atoms with E-state index in [-0.39, 0.29) is 5.75 Å². The Balaban J connectivity index is 2.17. The van der Waals surface area contributed by atoms with Crippen LogP contribution in [0.1, 0.15) is 25.6 Å². The molecule has 0 aliphatic heterocycles. The standard InChI is InChI=1S/C10H12N2O2S/c1-2-3-4-8-11-10(14-12-8)9-7(13)5-6-15-9/h5-6,13H,2-4H2,1H3. The monoisotopic (exact) mass is 224 g/mol. The first-order chi connectivity index (χ1) is 7.31. The Morgan fingerprint density at radius 1 is 1.53 bits per heavy atom. The maximum atomic E-state index is 9.47. The summed E-state index contributed by atoms with van der Waals surface area (Å²) >= 11 is 1.39. The van der Waals surface area contributed by atoms with Gasteiger partial charge >= 0.3 is 0 Å². The number of hydrogen-bond acceptors (Lipinski definition) is 5. The van der Waals surface area contributed by atoms with E-state index in [1.165, 1.54) is 11.3 Å². The topological polar surface area (TPSA) is 59.2 Å². The first-order valence-corrected chi connectivity index (χ1v) is 5.78. The minimum absolute atomic E-state index is 0.200. The van der Waals surface area contributed by atoms with Crippen LogP contribution in [-0.2, 0) is 6.42 Å². The van der Waals surface area contributed by atoms with Crippen LogP contribution < -0.4 is 0 Å². The molecular weight excluding hydrogens is 212 g/mol. The minimum atomic E-state index is 0.200. The molecule has 0 aliphatic carbocycles. The summed E-state index contributed by atoms with van der Waals surface area (Å²) in [5.41, 5.74) is 0. The number of thiophene rings is 1. The molecule has 5 heteroatoms. The van der Waals surface area contributed by atoms with E-state index >= 15 is 0 Å². The summed E-state index contributed by atoms with van der Waals surface area (Å²) in [6.07, 6.45) is 2.98. The van der Waals surface area contributed by atoms with Gasteiger partial charge in [-0.15, -0.1) is 11.3 Å². The van der Waals surface area contributed by atoms with Crippen molar-refractivity contribution in [1.82, 2.24) is 10.1 Å². The third-order valence-corrected chi connectivity index (χ3v) is 2.95. The summed E-state index contributed by atoms with van der Waals surface area (Å²) < 4.78 is 5.08. The third-order valence-electron chi connectivity index (χ3n) is 2.06. The quantitative estimate of drug-likeness (QED) is 0.867. The van der Waals surface area contributed by atoms with E-state index in [2.05, 4.69) is 17.1 Å². The van der Waals surface area contributed by atoms with Gasteiger partial charge in [0.1, 0.15) is 10.6 Å². The number of hydrogen-bond donors (Lipinski definition) is 1. The summed E-state index contributed by atoms with van der Waals surface area (Å²) in [6.45, 7) is 2.12. The van der Waals surface area contributed by atoms with Crippen LogP contribution in [0.25, 0.3) is 10.8 Å². The van der Waals surface area contributed by atoms with Gasteiger partial charge in [0.25, 0.3) is 5.89 Å². The van der Waals surface area contributed by atoms with Crippen LogP contribution in [0.2, 0.25) is 0 Å². The zero-order valence-corrected chi connectivity index (χ0v) is 9.25. The highest BCUT2D eigenvalue weighted by Crippen LogP contribution is 2.33. The largest absolute Gasteiger partial charge is 0.506 e. The van der Waals surface area contributed by atoms with E-state index in [9.17, 15) is 5.11 Å². The van der Waals surface area contributed by atoms with Crippen molar-refractivity contribution in [1.29, 1.82) is 0 Å². The molecule has 0 radical (unpaired) electrons. The molecular formula is C10H12N2O2S. The first kappa shape index (κ1) is 10.2. The van der Waals surface area contributed by atoms with Gasteiger partial charge < -0.3 is 9.63 Å². The van der Waals surface area contributed by atoms with Gasteiger partial charge in [0, 0.05) is 6.42 Å². The highest BCUT2D eigenvalue weighted by molar-refractivity contribution is 7.13. The molecule has 2 aromatic heterocycles. The van der Waals surface area contributed by atoms with Crippen molar-refractivity contribution in [3.8, 4) is 16.5 Å². The van der Waals surface area contributed by atoms with Crippen LogP contribution in [0, 0.1) is 0 Å². The Kier molecular flexibility index (Phi) is 3.01. The van der Waals surface area contributed by atoms with Gasteiger partial charge in [0.05, 0.1) is 0 Å². The molecule has 0 fully saturated rings. The molecule has 1 N–H and O–H groups in total. The second-order valence-electron chi connectivity index (χ2n) is 3.25.